The largest absolute Gasteiger partial charge is 0.462 e. The predicted octanol–water partition coefficient (Wildman–Crippen LogP) is 4.22. The predicted molar refractivity (Wildman–Crippen MR) is 114 cm³/mol. The van der Waals surface area contributed by atoms with E-state index in [1.54, 1.807) is 14.1 Å². The molecule has 6 nitrogen and oxygen atoms in total. The summed E-state index contributed by atoms with van der Waals surface area (Å²) in [6, 6.07) is 0. The van der Waals surface area contributed by atoms with Crippen LogP contribution in [0.1, 0.15) is 78.1 Å². The molecule has 6 heteroatoms. The second-order valence-electron chi connectivity index (χ2n) is 7.03. The number of ether oxygens (including phenoxy) is 2. The van der Waals surface area contributed by atoms with E-state index >= 15 is 0 Å². The maximum Gasteiger partial charge on any atom is 0.332 e. The minimum absolute atomic E-state index is 0.272. The summed E-state index contributed by atoms with van der Waals surface area (Å²) in [6.07, 6.45) is 14.4. The summed E-state index contributed by atoms with van der Waals surface area (Å²) in [6.45, 7) is 4.67. The number of unbranched alkanes of at least 4 members (excludes halogenated alkanes) is 9. The minimum atomic E-state index is -0.272. The maximum atomic E-state index is 11.4. The van der Waals surface area contributed by atoms with Crippen molar-refractivity contribution in [1.29, 1.82) is 0 Å². The highest BCUT2D eigenvalue weighted by molar-refractivity contribution is 5.82. The topological polar surface area (TPSA) is 76.7 Å². The van der Waals surface area contributed by atoms with Crippen molar-refractivity contribution in [2.45, 2.75) is 78.1 Å². The van der Waals surface area contributed by atoms with Crippen LogP contribution >= 0.6 is 0 Å². The molecule has 0 aliphatic heterocycles. The summed E-state index contributed by atoms with van der Waals surface area (Å²) in [5, 5.41) is 5.79. The van der Waals surface area contributed by atoms with E-state index in [0.717, 1.165) is 37.1 Å². The standard InChI is InChI=1S/C22H40N2O4/c1-19(23-3)17-21(25)27-15-13-11-9-7-5-6-8-10-12-14-16-28-22(26)18-20(2)24-4/h17-18,23-24H,5-16H2,1-4H3/b19-17-,20-18-. The lowest BCUT2D eigenvalue weighted by Gasteiger charge is -2.05. The second-order valence-corrected chi connectivity index (χ2v) is 7.03. The van der Waals surface area contributed by atoms with E-state index in [9.17, 15) is 9.59 Å². The summed E-state index contributed by atoms with van der Waals surface area (Å²) in [5.41, 5.74) is 1.62. The third kappa shape index (κ3) is 17.4. The Labute approximate surface area is 171 Å². The van der Waals surface area contributed by atoms with Crippen LogP contribution in [0.5, 0.6) is 0 Å². The molecule has 0 fully saturated rings. The lowest BCUT2D eigenvalue weighted by molar-refractivity contribution is -0.138. The molecular weight excluding hydrogens is 356 g/mol. The van der Waals surface area contributed by atoms with Crippen LogP contribution in [-0.2, 0) is 19.1 Å². The molecule has 2 N–H and O–H groups in total. The van der Waals surface area contributed by atoms with E-state index < -0.39 is 0 Å². The van der Waals surface area contributed by atoms with E-state index in [4.69, 9.17) is 9.47 Å². The fraction of sp³-hybridized carbons (Fsp3) is 0.727. The Bertz CT molecular complexity index is 443. The first kappa shape index (κ1) is 26.0. The van der Waals surface area contributed by atoms with Crippen molar-refractivity contribution in [3.05, 3.63) is 23.5 Å². The lowest BCUT2D eigenvalue weighted by Crippen LogP contribution is -2.08. The van der Waals surface area contributed by atoms with Crippen molar-refractivity contribution < 1.29 is 19.1 Å². The van der Waals surface area contributed by atoms with Gasteiger partial charge >= 0.3 is 11.9 Å². The Kier molecular flexibility index (Phi) is 17.1. The van der Waals surface area contributed by atoms with E-state index in [1.807, 2.05) is 13.8 Å². The number of carbonyl (C=O) groups excluding carboxylic acids is 2. The monoisotopic (exact) mass is 396 g/mol. The van der Waals surface area contributed by atoms with Crippen LogP contribution in [0.25, 0.3) is 0 Å². The lowest BCUT2D eigenvalue weighted by atomic mass is 10.1. The van der Waals surface area contributed by atoms with Crippen molar-refractivity contribution >= 4 is 11.9 Å². The number of hydrogen-bond acceptors (Lipinski definition) is 6. The van der Waals surface area contributed by atoms with E-state index in [2.05, 4.69) is 10.6 Å². The summed E-state index contributed by atoms with van der Waals surface area (Å²) in [5.74, 6) is -0.544. The Morgan fingerprint density at radius 2 is 0.893 bits per heavy atom. The molecule has 0 atom stereocenters. The Morgan fingerprint density at radius 1 is 0.607 bits per heavy atom. The molecule has 0 amide bonds. The van der Waals surface area contributed by atoms with Crippen molar-refractivity contribution in [2.24, 2.45) is 0 Å². The molecule has 0 rings (SSSR count). The van der Waals surface area contributed by atoms with Crippen molar-refractivity contribution in [2.75, 3.05) is 27.3 Å². The van der Waals surface area contributed by atoms with Gasteiger partial charge in [-0.2, -0.15) is 0 Å². The van der Waals surface area contributed by atoms with Crippen LogP contribution in [0, 0.1) is 0 Å². The van der Waals surface area contributed by atoms with Gasteiger partial charge in [0.25, 0.3) is 0 Å². The molecule has 0 unspecified atom stereocenters. The number of esters is 2. The zero-order valence-electron chi connectivity index (χ0n) is 18.3. The zero-order chi connectivity index (χ0) is 21.0. The molecule has 0 aliphatic carbocycles. The molecule has 0 aromatic rings. The van der Waals surface area contributed by atoms with Crippen molar-refractivity contribution in [1.82, 2.24) is 10.6 Å². The quantitative estimate of drug-likeness (QED) is 0.218. The highest BCUT2D eigenvalue weighted by Crippen LogP contribution is 2.11. The van der Waals surface area contributed by atoms with Gasteiger partial charge in [-0.1, -0.05) is 51.4 Å². The molecule has 0 spiro atoms. The van der Waals surface area contributed by atoms with Crippen LogP contribution in [0.15, 0.2) is 23.5 Å². The molecule has 0 radical (unpaired) electrons. The molecule has 28 heavy (non-hydrogen) atoms. The van der Waals surface area contributed by atoms with E-state index in [-0.39, 0.29) is 11.9 Å². The van der Waals surface area contributed by atoms with Gasteiger partial charge in [0, 0.05) is 37.6 Å². The summed E-state index contributed by atoms with van der Waals surface area (Å²) in [4.78, 5) is 22.9. The van der Waals surface area contributed by atoms with Gasteiger partial charge in [0.15, 0.2) is 0 Å². The first-order valence-corrected chi connectivity index (χ1v) is 10.5. The van der Waals surface area contributed by atoms with Gasteiger partial charge in [-0.25, -0.2) is 9.59 Å². The van der Waals surface area contributed by atoms with Gasteiger partial charge in [0.1, 0.15) is 0 Å². The van der Waals surface area contributed by atoms with Gasteiger partial charge in [-0.05, 0) is 26.7 Å². The summed E-state index contributed by atoms with van der Waals surface area (Å²) in [7, 11) is 3.56. The van der Waals surface area contributed by atoms with Crippen molar-refractivity contribution in [3.8, 4) is 0 Å². The van der Waals surface area contributed by atoms with Crippen LogP contribution in [-0.4, -0.2) is 39.2 Å². The van der Waals surface area contributed by atoms with Crippen LogP contribution in [0.2, 0.25) is 0 Å². The number of rotatable bonds is 17. The van der Waals surface area contributed by atoms with Crippen molar-refractivity contribution in [3.63, 3.8) is 0 Å². The molecule has 0 aromatic heterocycles. The van der Waals surface area contributed by atoms with Gasteiger partial charge in [-0.15, -0.1) is 0 Å². The third-order valence-electron chi connectivity index (χ3n) is 4.48. The highest BCUT2D eigenvalue weighted by Gasteiger charge is 2.00. The first-order valence-electron chi connectivity index (χ1n) is 10.5. The van der Waals surface area contributed by atoms with Crippen LogP contribution < -0.4 is 10.6 Å². The van der Waals surface area contributed by atoms with Gasteiger partial charge < -0.3 is 20.1 Å². The number of hydrogen-bond donors (Lipinski definition) is 2. The zero-order valence-corrected chi connectivity index (χ0v) is 18.3. The molecule has 0 aliphatic rings. The molecule has 0 saturated heterocycles. The number of carbonyl (C=O) groups is 2. The molecular formula is C22H40N2O4. The number of allylic oxidation sites excluding steroid dienone is 2. The third-order valence-corrected chi connectivity index (χ3v) is 4.48. The molecule has 162 valence electrons. The Hall–Kier alpha value is -1.98. The smallest absolute Gasteiger partial charge is 0.332 e. The summed E-state index contributed by atoms with van der Waals surface area (Å²) >= 11 is 0. The minimum Gasteiger partial charge on any atom is -0.462 e. The molecule has 0 heterocycles. The molecule has 0 aromatic carbocycles. The van der Waals surface area contributed by atoms with E-state index in [1.165, 1.54) is 50.7 Å². The average Bonchev–Trinajstić information content (AvgIpc) is 2.67. The molecule has 0 saturated carbocycles. The first-order chi connectivity index (χ1) is 13.5. The fourth-order valence-corrected chi connectivity index (χ4v) is 2.55. The highest BCUT2D eigenvalue weighted by atomic mass is 16.5. The van der Waals surface area contributed by atoms with Gasteiger partial charge in [0.05, 0.1) is 13.2 Å². The Morgan fingerprint density at radius 3 is 1.18 bits per heavy atom. The fourth-order valence-electron chi connectivity index (χ4n) is 2.55. The van der Waals surface area contributed by atoms with Gasteiger partial charge in [0.2, 0.25) is 0 Å². The normalized spacial score (nSPS) is 11.9. The number of nitrogens with one attached hydrogen (secondary N) is 2. The summed E-state index contributed by atoms with van der Waals surface area (Å²) < 4.78 is 10.3. The second kappa shape index (κ2) is 18.4. The van der Waals surface area contributed by atoms with Gasteiger partial charge in [-0.3, -0.25) is 0 Å². The Balaban J connectivity index is 3.32. The SMILES string of the molecule is CN/C(C)=C\C(=O)OCCCCCCCCCCCCOC(=O)/C=C(/C)NC. The average molecular weight is 397 g/mol. The van der Waals surface area contributed by atoms with Crippen LogP contribution in [0.4, 0.5) is 0 Å². The molecule has 0 bridgehead atoms. The van der Waals surface area contributed by atoms with E-state index in [0.29, 0.717) is 13.2 Å². The maximum absolute atomic E-state index is 11.4. The van der Waals surface area contributed by atoms with Crippen LogP contribution in [0.3, 0.4) is 0 Å².